The lowest BCUT2D eigenvalue weighted by molar-refractivity contribution is -0.143. The summed E-state index contributed by atoms with van der Waals surface area (Å²) in [6, 6.07) is 2.95. The van der Waals surface area contributed by atoms with E-state index in [0.717, 1.165) is 25.7 Å². The molecular formula is C16H24N2O4. The number of hydrogen-bond donors (Lipinski definition) is 1. The molecular weight excluding hydrogens is 284 g/mol. The summed E-state index contributed by atoms with van der Waals surface area (Å²) in [5, 5.41) is 2.79. The fourth-order valence-electron chi connectivity index (χ4n) is 1.97. The summed E-state index contributed by atoms with van der Waals surface area (Å²) in [5.41, 5.74) is 0.178. The second-order valence-electron chi connectivity index (χ2n) is 5.09. The summed E-state index contributed by atoms with van der Waals surface area (Å²) < 4.78 is 6.26. The van der Waals surface area contributed by atoms with Gasteiger partial charge in [-0.3, -0.25) is 14.4 Å². The molecule has 0 radical (unpaired) electrons. The van der Waals surface area contributed by atoms with Crippen LogP contribution in [0.1, 0.15) is 49.4 Å². The summed E-state index contributed by atoms with van der Waals surface area (Å²) in [6.45, 7) is 2.78. The minimum atomic E-state index is -0.232. The highest BCUT2D eigenvalue weighted by molar-refractivity contribution is 5.93. The van der Waals surface area contributed by atoms with Crippen LogP contribution in [0.3, 0.4) is 0 Å². The number of nitrogens with one attached hydrogen (secondary N) is 1. The number of nitrogens with zero attached hydrogens (tertiary/aromatic N) is 1. The number of rotatable bonds is 9. The third-order valence-corrected chi connectivity index (χ3v) is 3.27. The SMILES string of the molecule is CCOC(=O)CCCCCCNC(=O)c1ccn(C)c(=O)c1. The summed E-state index contributed by atoms with van der Waals surface area (Å²) in [6.07, 6.45) is 5.55. The van der Waals surface area contributed by atoms with Crippen molar-refractivity contribution in [3.8, 4) is 0 Å². The van der Waals surface area contributed by atoms with Crippen molar-refractivity contribution in [2.45, 2.75) is 39.0 Å². The molecule has 0 aromatic carbocycles. The van der Waals surface area contributed by atoms with E-state index in [1.165, 1.54) is 10.6 Å². The van der Waals surface area contributed by atoms with Crippen LogP contribution in [0.25, 0.3) is 0 Å². The smallest absolute Gasteiger partial charge is 0.305 e. The van der Waals surface area contributed by atoms with Gasteiger partial charge in [0, 0.05) is 37.8 Å². The van der Waals surface area contributed by atoms with Crippen molar-refractivity contribution < 1.29 is 14.3 Å². The van der Waals surface area contributed by atoms with Gasteiger partial charge in [0.25, 0.3) is 11.5 Å². The van der Waals surface area contributed by atoms with Crippen molar-refractivity contribution in [1.29, 1.82) is 0 Å². The van der Waals surface area contributed by atoms with Crippen molar-refractivity contribution >= 4 is 11.9 Å². The first-order valence-corrected chi connectivity index (χ1v) is 7.65. The first-order valence-electron chi connectivity index (χ1n) is 7.65. The molecule has 1 amide bonds. The maximum absolute atomic E-state index is 11.8. The third-order valence-electron chi connectivity index (χ3n) is 3.27. The van der Waals surface area contributed by atoms with E-state index < -0.39 is 0 Å². The van der Waals surface area contributed by atoms with E-state index in [2.05, 4.69) is 5.32 Å². The zero-order chi connectivity index (χ0) is 16.4. The number of esters is 1. The Labute approximate surface area is 130 Å². The van der Waals surface area contributed by atoms with E-state index in [4.69, 9.17) is 4.74 Å². The van der Waals surface area contributed by atoms with E-state index >= 15 is 0 Å². The minimum absolute atomic E-state index is 0.151. The molecule has 0 saturated carbocycles. The van der Waals surface area contributed by atoms with Gasteiger partial charge in [0.05, 0.1) is 6.61 Å². The lowest BCUT2D eigenvalue weighted by Gasteiger charge is -2.06. The number of aryl methyl sites for hydroxylation is 1. The molecule has 0 aliphatic heterocycles. The predicted molar refractivity (Wildman–Crippen MR) is 83.7 cm³/mol. The van der Waals surface area contributed by atoms with Crippen LogP contribution < -0.4 is 10.9 Å². The summed E-state index contributed by atoms with van der Waals surface area (Å²) in [4.78, 5) is 34.4. The van der Waals surface area contributed by atoms with Crippen molar-refractivity contribution in [2.75, 3.05) is 13.2 Å². The fraction of sp³-hybridized carbons (Fsp3) is 0.562. The number of aromatic nitrogens is 1. The number of hydrogen-bond acceptors (Lipinski definition) is 4. The first kappa shape index (κ1) is 17.9. The highest BCUT2D eigenvalue weighted by Crippen LogP contribution is 2.04. The molecule has 6 heteroatoms. The van der Waals surface area contributed by atoms with Gasteiger partial charge in [-0.1, -0.05) is 12.8 Å². The molecule has 22 heavy (non-hydrogen) atoms. The lowest BCUT2D eigenvalue weighted by Crippen LogP contribution is -2.26. The molecule has 1 N–H and O–H groups in total. The second-order valence-corrected chi connectivity index (χ2v) is 5.09. The molecule has 0 unspecified atom stereocenters. The number of carbonyl (C=O) groups is 2. The topological polar surface area (TPSA) is 77.4 Å². The number of amides is 1. The molecule has 0 atom stereocenters. The minimum Gasteiger partial charge on any atom is -0.466 e. The predicted octanol–water partition coefficient (Wildman–Crippen LogP) is 1.63. The van der Waals surface area contributed by atoms with Gasteiger partial charge in [0.2, 0.25) is 0 Å². The Morgan fingerprint density at radius 1 is 1.23 bits per heavy atom. The highest BCUT2D eigenvalue weighted by Gasteiger charge is 2.06. The van der Waals surface area contributed by atoms with Gasteiger partial charge in [0.15, 0.2) is 0 Å². The van der Waals surface area contributed by atoms with Gasteiger partial charge in [-0.05, 0) is 25.8 Å². The molecule has 1 aromatic heterocycles. The molecule has 1 aromatic rings. The van der Waals surface area contributed by atoms with Gasteiger partial charge in [0.1, 0.15) is 0 Å². The van der Waals surface area contributed by atoms with Crippen LogP contribution in [0.15, 0.2) is 23.1 Å². The highest BCUT2D eigenvalue weighted by atomic mass is 16.5. The van der Waals surface area contributed by atoms with Crippen LogP contribution in [0.5, 0.6) is 0 Å². The van der Waals surface area contributed by atoms with Gasteiger partial charge >= 0.3 is 5.97 Å². The van der Waals surface area contributed by atoms with Crippen LogP contribution in [0.4, 0.5) is 0 Å². The van der Waals surface area contributed by atoms with Crippen LogP contribution in [0.2, 0.25) is 0 Å². The zero-order valence-corrected chi connectivity index (χ0v) is 13.3. The average molecular weight is 308 g/mol. The summed E-state index contributed by atoms with van der Waals surface area (Å²) in [5.74, 6) is -0.384. The van der Waals surface area contributed by atoms with Crippen LogP contribution >= 0.6 is 0 Å². The molecule has 0 fully saturated rings. The van der Waals surface area contributed by atoms with Crippen molar-refractivity contribution in [1.82, 2.24) is 9.88 Å². The summed E-state index contributed by atoms with van der Waals surface area (Å²) >= 11 is 0. The Bertz CT molecular complexity index is 551. The second kappa shape index (κ2) is 9.76. The van der Waals surface area contributed by atoms with Crippen LogP contribution in [-0.2, 0) is 16.6 Å². The first-order chi connectivity index (χ1) is 10.5. The largest absolute Gasteiger partial charge is 0.466 e. The normalized spacial score (nSPS) is 10.3. The standard InChI is InChI=1S/C16H24N2O4/c1-3-22-15(20)8-6-4-5-7-10-17-16(21)13-9-11-18(2)14(19)12-13/h9,11-12H,3-8,10H2,1-2H3,(H,17,21). The molecule has 0 aliphatic rings. The van der Waals surface area contributed by atoms with E-state index in [-0.39, 0.29) is 17.4 Å². The number of carbonyl (C=O) groups excluding carboxylic acids is 2. The van der Waals surface area contributed by atoms with Crippen molar-refractivity contribution in [3.63, 3.8) is 0 Å². The lowest BCUT2D eigenvalue weighted by atomic mass is 10.1. The van der Waals surface area contributed by atoms with Gasteiger partial charge in [-0.15, -0.1) is 0 Å². The van der Waals surface area contributed by atoms with Crippen LogP contribution in [-0.4, -0.2) is 29.6 Å². The van der Waals surface area contributed by atoms with E-state index in [1.54, 1.807) is 26.2 Å². The molecule has 0 aliphatic carbocycles. The fourth-order valence-corrected chi connectivity index (χ4v) is 1.97. The number of unbranched alkanes of at least 4 members (excludes halogenated alkanes) is 3. The van der Waals surface area contributed by atoms with Crippen molar-refractivity contribution in [2.24, 2.45) is 7.05 Å². The molecule has 6 nitrogen and oxygen atoms in total. The van der Waals surface area contributed by atoms with Gasteiger partial charge < -0.3 is 14.6 Å². The van der Waals surface area contributed by atoms with E-state index in [9.17, 15) is 14.4 Å². The molecule has 1 rings (SSSR count). The third kappa shape index (κ3) is 6.56. The molecule has 122 valence electrons. The van der Waals surface area contributed by atoms with E-state index in [1.807, 2.05) is 0 Å². The van der Waals surface area contributed by atoms with Crippen LogP contribution in [0, 0.1) is 0 Å². The Morgan fingerprint density at radius 2 is 1.95 bits per heavy atom. The Morgan fingerprint density at radius 3 is 2.64 bits per heavy atom. The maximum atomic E-state index is 11.8. The molecule has 1 heterocycles. The van der Waals surface area contributed by atoms with E-state index in [0.29, 0.717) is 25.1 Å². The number of pyridine rings is 1. The van der Waals surface area contributed by atoms with Crippen molar-refractivity contribution in [3.05, 3.63) is 34.2 Å². The molecule has 0 spiro atoms. The monoisotopic (exact) mass is 308 g/mol. The maximum Gasteiger partial charge on any atom is 0.305 e. The number of ether oxygens (including phenoxy) is 1. The quantitative estimate of drug-likeness (QED) is 0.555. The molecule has 0 bridgehead atoms. The Kier molecular flexibility index (Phi) is 7.96. The van der Waals surface area contributed by atoms with Gasteiger partial charge in [-0.2, -0.15) is 0 Å². The average Bonchev–Trinajstić information content (AvgIpc) is 2.49. The Balaban J connectivity index is 2.14. The van der Waals surface area contributed by atoms with Gasteiger partial charge in [-0.25, -0.2) is 0 Å². The molecule has 0 saturated heterocycles. The Hall–Kier alpha value is -2.11. The summed E-state index contributed by atoms with van der Waals surface area (Å²) in [7, 11) is 1.64. The zero-order valence-electron chi connectivity index (χ0n) is 13.3.